The molecule has 0 saturated heterocycles. The number of ether oxygens (including phenoxy) is 2. The van der Waals surface area contributed by atoms with Crippen LogP contribution in [0.25, 0.3) is 0 Å². The Morgan fingerprint density at radius 3 is 2.38 bits per heavy atom. The number of carbonyl (C=O) groups is 1. The number of rotatable bonds is 6. The molecule has 2 aromatic carbocycles. The van der Waals surface area contributed by atoms with Gasteiger partial charge in [-0.2, -0.15) is 8.42 Å². The van der Waals surface area contributed by atoms with Crippen LogP contribution in [-0.2, 0) is 10.1 Å². The number of benzene rings is 2. The largest absolute Gasteiger partial charge is 0.495 e. The molecule has 2 aromatic rings. The molecule has 24 heavy (non-hydrogen) atoms. The molecule has 0 aliphatic rings. The van der Waals surface area contributed by atoms with Gasteiger partial charge in [0.25, 0.3) is 16.0 Å². The summed E-state index contributed by atoms with van der Waals surface area (Å²) < 4.78 is 42.0. The zero-order valence-corrected chi connectivity index (χ0v) is 14.0. The Labute approximate surface area is 140 Å². The number of nitrogens with one attached hydrogen (secondary N) is 1. The third kappa shape index (κ3) is 4.24. The van der Waals surface area contributed by atoms with E-state index in [0.717, 1.165) is 6.07 Å². The van der Waals surface area contributed by atoms with Crippen molar-refractivity contribution in [3.8, 4) is 11.5 Å². The van der Waals surface area contributed by atoms with Gasteiger partial charge in [0.2, 0.25) is 0 Å². The van der Waals surface area contributed by atoms with Gasteiger partial charge in [-0.15, -0.1) is 0 Å². The molecule has 1 amide bonds. The maximum Gasteiger partial charge on any atom is 0.294 e. The summed E-state index contributed by atoms with van der Waals surface area (Å²) in [6.07, 6.45) is 0. The first kappa shape index (κ1) is 17.8. The molecule has 0 aliphatic carbocycles. The van der Waals surface area contributed by atoms with Gasteiger partial charge in [-0.25, -0.2) is 0 Å². The highest BCUT2D eigenvalue weighted by atomic mass is 32.2. The summed E-state index contributed by atoms with van der Waals surface area (Å²) in [5, 5.41) is 2.56. The van der Waals surface area contributed by atoms with Crippen LogP contribution in [0.1, 0.15) is 17.3 Å². The first-order valence-electron chi connectivity index (χ1n) is 7.05. The quantitative estimate of drug-likeness (QED) is 0.776. The minimum Gasteiger partial charge on any atom is -0.495 e. The lowest BCUT2D eigenvalue weighted by atomic mass is 10.2. The van der Waals surface area contributed by atoms with Crippen molar-refractivity contribution in [3.05, 3.63) is 48.0 Å². The van der Waals surface area contributed by atoms with Crippen LogP contribution in [0.4, 0.5) is 5.69 Å². The Morgan fingerprint density at radius 1 is 1.17 bits per heavy atom. The molecular formula is C16H17NO6S. The second-order valence-corrected chi connectivity index (χ2v) is 6.17. The number of carbonyl (C=O) groups excluding carboxylic acids is 1. The molecule has 2 N–H and O–H groups in total. The average Bonchev–Trinajstić information content (AvgIpc) is 2.55. The minimum absolute atomic E-state index is 0.131. The fourth-order valence-corrected chi connectivity index (χ4v) is 2.52. The van der Waals surface area contributed by atoms with Crippen molar-refractivity contribution in [2.24, 2.45) is 0 Å². The lowest BCUT2D eigenvalue weighted by Gasteiger charge is -2.11. The molecule has 0 aromatic heterocycles. The molecule has 8 heteroatoms. The molecule has 0 heterocycles. The van der Waals surface area contributed by atoms with Crippen LogP contribution in [0.2, 0.25) is 0 Å². The molecule has 0 fully saturated rings. The minimum atomic E-state index is -4.39. The van der Waals surface area contributed by atoms with E-state index in [-0.39, 0.29) is 16.3 Å². The van der Waals surface area contributed by atoms with E-state index in [9.17, 15) is 13.2 Å². The van der Waals surface area contributed by atoms with E-state index in [1.165, 1.54) is 19.2 Å². The van der Waals surface area contributed by atoms with Gasteiger partial charge in [-0.1, -0.05) is 0 Å². The molecule has 0 saturated carbocycles. The Kier molecular flexibility index (Phi) is 5.42. The highest BCUT2D eigenvalue weighted by Gasteiger charge is 2.15. The third-order valence-corrected chi connectivity index (χ3v) is 3.99. The molecular weight excluding hydrogens is 334 g/mol. The van der Waals surface area contributed by atoms with E-state index in [1.807, 2.05) is 6.92 Å². The van der Waals surface area contributed by atoms with E-state index in [1.54, 1.807) is 24.3 Å². The standard InChI is InChI=1S/C16H17NO6S/c1-3-23-12-6-4-11(5-7-12)16(18)17-14-10-13(24(19,20)21)8-9-15(14)22-2/h4-10H,3H2,1-2H3,(H,17,18)(H,19,20,21). The summed E-state index contributed by atoms with van der Waals surface area (Å²) >= 11 is 0. The summed E-state index contributed by atoms with van der Waals surface area (Å²) in [4.78, 5) is 12.0. The molecule has 2 rings (SSSR count). The fourth-order valence-electron chi connectivity index (χ4n) is 2.01. The summed E-state index contributed by atoms with van der Waals surface area (Å²) in [6, 6.07) is 10.1. The van der Waals surface area contributed by atoms with Gasteiger partial charge in [0.15, 0.2) is 0 Å². The van der Waals surface area contributed by atoms with Crippen molar-refractivity contribution in [2.75, 3.05) is 19.0 Å². The second kappa shape index (κ2) is 7.33. The summed E-state index contributed by atoms with van der Waals surface area (Å²) in [5.74, 6) is 0.450. The predicted molar refractivity (Wildman–Crippen MR) is 88.4 cm³/mol. The van der Waals surface area contributed by atoms with E-state index in [0.29, 0.717) is 17.9 Å². The molecule has 0 spiro atoms. The van der Waals surface area contributed by atoms with Crippen LogP contribution in [0.5, 0.6) is 11.5 Å². The third-order valence-electron chi connectivity index (χ3n) is 3.14. The van der Waals surface area contributed by atoms with Crippen LogP contribution >= 0.6 is 0 Å². The van der Waals surface area contributed by atoms with Crippen molar-refractivity contribution < 1.29 is 27.2 Å². The normalized spacial score (nSPS) is 11.0. The number of amides is 1. The van der Waals surface area contributed by atoms with Gasteiger partial charge in [0, 0.05) is 5.56 Å². The van der Waals surface area contributed by atoms with Gasteiger partial charge >= 0.3 is 0 Å². The maximum absolute atomic E-state index is 12.3. The smallest absolute Gasteiger partial charge is 0.294 e. The summed E-state index contributed by atoms with van der Waals surface area (Å²) in [5.41, 5.74) is 0.490. The van der Waals surface area contributed by atoms with Gasteiger partial charge in [-0.05, 0) is 49.4 Å². The van der Waals surface area contributed by atoms with Crippen molar-refractivity contribution in [3.63, 3.8) is 0 Å². The first-order valence-corrected chi connectivity index (χ1v) is 8.49. The Bertz CT molecular complexity index is 830. The lowest BCUT2D eigenvalue weighted by Crippen LogP contribution is -2.13. The van der Waals surface area contributed by atoms with Crippen molar-refractivity contribution in [2.45, 2.75) is 11.8 Å². The topological polar surface area (TPSA) is 102 Å². The summed E-state index contributed by atoms with van der Waals surface area (Å²) in [7, 11) is -3.00. The Morgan fingerprint density at radius 2 is 1.83 bits per heavy atom. The SMILES string of the molecule is CCOc1ccc(C(=O)Nc2cc(S(=O)(=O)O)ccc2OC)cc1. The van der Waals surface area contributed by atoms with E-state index < -0.39 is 16.0 Å². The lowest BCUT2D eigenvalue weighted by molar-refractivity contribution is 0.102. The predicted octanol–water partition coefficient (Wildman–Crippen LogP) is 2.59. The fraction of sp³-hybridized carbons (Fsp3) is 0.188. The van der Waals surface area contributed by atoms with Gasteiger partial charge < -0.3 is 14.8 Å². The van der Waals surface area contributed by atoms with Gasteiger partial charge in [0.1, 0.15) is 11.5 Å². The number of hydrogen-bond acceptors (Lipinski definition) is 5. The Hall–Kier alpha value is -2.58. The van der Waals surface area contributed by atoms with Crippen LogP contribution in [0.3, 0.4) is 0 Å². The van der Waals surface area contributed by atoms with E-state index >= 15 is 0 Å². The second-order valence-electron chi connectivity index (χ2n) is 4.75. The van der Waals surface area contributed by atoms with Gasteiger partial charge in [0.05, 0.1) is 24.3 Å². The van der Waals surface area contributed by atoms with Crippen LogP contribution in [-0.4, -0.2) is 32.6 Å². The van der Waals surface area contributed by atoms with Crippen molar-refractivity contribution in [1.29, 1.82) is 0 Å². The van der Waals surface area contributed by atoms with Crippen molar-refractivity contribution in [1.82, 2.24) is 0 Å². The van der Waals surface area contributed by atoms with E-state index in [4.69, 9.17) is 14.0 Å². The highest BCUT2D eigenvalue weighted by Crippen LogP contribution is 2.28. The molecule has 7 nitrogen and oxygen atoms in total. The molecule has 0 atom stereocenters. The zero-order valence-electron chi connectivity index (χ0n) is 13.1. The molecule has 0 aliphatic heterocycles. The summed E-state index contributed by atoms with van der Waals surface area (Å²) in [6.45, 7) is 2.38. The van der Waals surface area contributed by atoms with Crippen LogP contribution in [0, 0.1) is 0 Å². The Balaban J connectivity index is 2.27. The number of hydrogen-bond donors (Lipinski definition) is 2. The first-order chi connectivity index (χ1) is 11.3. The molecule has 0 bridgehead atoms. The number of methoxy groups -OCH3 is 1. The number of anilines is 1. The average molecular weight is 351 g/mol. The molecule has 128 valence electrons. The molecule has 0 radical (unpaired) electrons. The van der Waals surface area contributed by atoms with Crippen molar-refractivity contribution >= 4 is 21.7 Å². The zero-order chi connectivity index (χ0) is 17.7. The van der Waals surface area contributed by atoms with Gasteiger partial charge in [-0.3, -0.25) is 9.35 Å². The molecule has 0 unspecified atom stereocenters. The monoisotopic (exact) mass is 351 g/mol. The van der Waals surface area contributed by atoms with Crippen LogP contribution in [0.15, 0.2) is 47.4 Å². The van der Waals surface area contributed by atoms with E-state index in [2.05, 4.69) is 5.32 Å². The highest BCUT2D eigenvalue weighted by molar-refractivity contribution is 7.85. The van der Waals surface area contributed by atoms with Crippen LogP contribution < -0.4 is 14.8 Å². The maximum atomic E-state index is 12.3.